The summed E-state index contributed by atoms with van der Waals surface area (Å²) >= 11 is 0. The van der Waals surface area contributed by atoms with Gasteiger partial charge in [-0.15, -0.1) is 0 Å². The minimum absolute atomic E-state index is 0.0313. The zero-order chi connectivity index (χ0) is 66.9. The number of aryl methyl sites for hydroxylation is 2. The monoisotopic (exact) mass is 1280 g/mol. The molecule has 96 heavy (non-hydrogen) atoms. The molecule has 2 atom stereocenters. The van der Waals surface area contributed by atoms with Gasteiger partial charge in [0.1, 0.15) is 0 Å². The van der Waals surface area contributed by atoms with Crippen molar-refractivity contribution in [1.29, 1.82) is 0 Å². The fraction of sp³-hybridized carbons (Fsp3) is 0.452. The number of H-pyrrole nitrogens is 1. The van der Waals surface area contributed by atoms with Crippen molar-refractivity contribution in [2.75, 3.05) is 4.90 Å². The van der Waals surface area contributed by atoms with Crippen molar-refractivity contribution in [2.24, 2.45) is 5.92 Å². The first-order valence-electron chi connectivity index (χ1n) is 38.8. The molecule has 0 spiro atoms. The van der Waals surface area contributed by atoms with Gasteiger partial charge in [0.15, 0.2) is 0 Å². The minimum Gasteiger partial charge on any atom is -0.359 e. The highest BCUT2D eigenvalue weighted by molar-refractivity contribution is 6.09. The Balaban J connectivity index is 1.00. The van der Waals surface area contributed by atoms with Crippen LogP contribution in [-0.2, 0) is 10.8 Å². The largest absolute Gasteiger partial charge is 0.359 e. The molecule has 0 fully saturated rings. The van der Waals surface area contributed by atoms with Gasteiger partial charge in [-0.1, -0.05) is 304 Å². The van der Waals surface area contributed by atoms with Crippen LogP contribution in [0.15, 0.2) is 182 Å². The number of hydrogen-bond acceptors (Lipinski definition) is 2. The van der Waals surface area contributed by atoms with E-state index in [1.54, 1.807) is 5.56 Å². The summed E-state index contributed by atoms with van der Waals surface area (Å²) in [5, 5.41) is 0. The van der Waals surface area contributed by atoms with E-state index in [1.807, 2.05) is 18.3 Å². The Kier molecular flexibility index (Phi) is 24.7. The number of carbonyl (C=O) groups excluding carboxylic acids is 1. The normalized spacial score (nSPS) is 15.1. The Hall–Kier alpha value is -7.23. The van der Waals surface area contributed by atoms with E-state index in [9.17, 15) is 4.79 Å². The number of nitrogens with zero attached hydrogens (tertiary/aromatic N) is 1. The van der Waals surface area contributed by atoms with Gasteiger partial charge in [0.2, 0.25) is 5.78 Å². The van der Waals surface area contributed by atoms with E-state index in [0.29, 0.717) is 11.6 Å². The van der Waals surface area contributed by atoms with Gasteiger partial charge in [0, 0.05) is 34.0 Å². The number of aromatic amines is 1. The van der Waals surface area contributed by atoms with Gasteiger partial charge in [0.25, 0.3) is 0 Å². The SMILES string of the molecule is CCCCCCCCC1(CCCCCCCC)c2cc(C)ccc2-c2ccc(-c3cc(C(=O)c4ccc[nH]4)cc(-c4ccc5c(c4)C(CCCCCCCC)(CCCCCCCC)c4cc(-c6ccc(N(c7ccc(C)cc7)C7C=CC(C(C)CC)=CC7)cc6)ccc4-5)c3)cc21. The molecule has 11 rings (SSSR count). The third-order valence-electron chi connectivity index (χ3n) is 22.8. The predicted molar refractivity (Wildman–Crippen MR) is 415 cm³/mol. The van der Waals surface area contributed by atoms with Crippen molar-refractivity contribution in [3.8, 4) is 55.6 Å². The second-order valence-corrected chi connectivity index (χ2v) is 29.7. The summed E-state index contributed by atoms with van der Waals surface area (Å²) < 4.78 is 0. The second kappa shape index (κ2) is 33.8. The van der Waals surface area contributed by atoms with Crippen molar-refractivity contribution < 1.29 is 4.79 Å². The first kappa shape index (κ1) is 70.1. The van der Waals surface area contributed by atoms with Crippen LogP contribution in [-0.4, -0.2) is 16.8 Å². The number of unbranched alkanes of at least 4 members (excludes halogenated alkanes) is 20. The van der Waals surface area contributed by atoms with Crippen LogP contribution in [0.5, 0.6) is 0 Å². The zero-order valence-corrected chi connectivity index (χ0v) is 60.5. The average Bonchev–Trinajstić information content (AvgIpc) is 1.57. The molecule has 3 aliphatic carbocycles. The fourth-order valence-electron chi connectivity index (χ4n) is 17.0. The molecule has 0 saturated heterocycles. The summed E-state index contributed by atoms with van der Waals surface area (Å²) in [4.78, 5) is 20.8. The molecule has 0 amide bonds. The minimum atomic E-state index is -0.160. The van der Waals surface area contributed by atoms with Crippen LogP contribution in [0.2, 0.25) is 0 Å². The van der Waals surface area contributed by atoms with Gasteiger partial charge in [-0.3, -0.25) is 4.79 Å². The number of fused-ring (bicyclic) bond motifs is 6. The molecule has 7 aromatic carbocycles. The third kappa shape index (κ3) is 16.0. The van der Waals surface area contributed by atoms with Crippen LogP contribution in [0.1, 0.15) is 284 Å². The van der Waals surface area contributed by atoms with E-state index in [4.69, 9.17) is 0 Å². The highest BCUT2D eigenvalue weighted by atomic mass is 16.1. The highest BCUT2D eigenvalue weighted by Crippen LogP contribution is 2.58. The summed E-state index contributed by atoms with van der Waals surface area (Å²) in [5.41, 5.74) is 26.5. The van der Waals surface area contributed by atoms with Gasteiger partial charge < -0.3 is 9.88 Å². The average molecular weight is 1280 g/mol. The molecule has 0 bridgehead atoms. The van der Waals surface area contributed by atoms with Crippen molar-refractivity contribution in [3.05, 3.63) is 226 Å². The molecule has 0 radical (unpaired) electrons. The molecule has 1 N–H and O–H groups in total. The van der Waals surface area contributed by atoms with Crippen LogP contribution in [0.4, 0.5) is 11.4 Å². The molecule has 3 nitrogen and oxygen atoms in total. The van der Waals surface area contributed by atoms with E-state index in [0.717, 1.165) is 42.4 Å². The fourth-order valence-corrected chi connectivity index (χ4v) is 17.0. The molecule has 1 heterocycles. The molecule has 3 heteroatoms. The lowest BCUT2D eigenvalue weighted by molar-refractivity contribution is 0.103. The number of nitrogens with one attached hydrogen (secondary N) is 1. The van der Waals surface area contributed by atoms with Crippen molar-refractivity contribution in [3.63, 3.8) is 0 Å². The molecule has 2 unspecified atom stereocenters. The van der Waals surface area contributed by atoms with Crippen LogP contribution < -0.4 is 4.90 Å². The van der Waals surface area contributed by atoms with E-state index in [1.165, 1.54) is 256 Å². The maximum absolute atomic E-state index is 15.0. The Morgan fingerprint density at radius 3 is 1.25 bits per heavy atom. The van der Waals surface area contributed by atoms with Crippen molar-refractivity contribution in [1.82, 2.24) is 4.98 Å². The van der Waals surface area contributed by atoms with E-state index in [-0.39, 0.29) is 22.7 Å². The molecule has 504 valence electrons. The molecular weight excluding hydrogens is 1160 g/mol. The molecule has 1 aromatic heterocycles. The van der Waals surface area contributed by atoms with Gasteiger partial charge in [-0.05, 0) is 215 Å². The predicted octanol–water partition coefficient (Wildman–Crippen LogP) is 27.8. The number of carbonyl (C=O) groups is 1. The van der Waals surface area contributed by atoms with Gasteiger partial charge in [-0.2, -0.15) is 0 Å². The van der Waals surface area contributed by atoms with Crippen LogP contribution in [0, 0.1) is 19.8 Å². The standard InChI is InChI=1S/C93H116N2O/c1-9-14-18-22-26-30-56-92(57-31-27-23-19-15-10-2)86-61-69(7)38-52-82(86)83-54-44-74(66-88(83)92)76-62-77(64-78(63-76)91(96)90-35-34-60-94-90)75-45-55-85-84-53-43-73(65-87(84)93(89(85)67-75,58-32-28-24-20-16-11-3)59-33-29-25-21-17-12-4)72-41-50-81(51-42-72)95(79-46-36-68(6)37-47-79)80-48-39-71(40-49-80)70(8)13-5/h34-48,50-55,60-67,70,80,94H,9-33,49,56-59H2,1-8H3. The van der Waals surface area contributed by atoms with Crippen molar-refractivity contribution >= 4 is 17.2 Å². The number of allylic oxidation sites excluding steroid dienone is 2. The number of hydrogen-bond donors (Lipinski definition) is 1. The van der Waals surface area contributed by atoms with Crippen LogP contribution >= 0.6 is 0 Å². The Morgan fingerprint density at radius 1 is 0.438 bits per heavy atom. The number of rotatable bonds is 38. The second-order valence-electron chi connectivity index (χ2n) is 29.7. The Bertz CT molecular complexity index is 3840. The van der Waals surface area contributed by atoms with E-state index < -0.39 is 0 Å². The van der Waals surface area contributed by atoms with Gasteiger partial charge in [-0.25, -0.2) is 0 Å². The number of aromatic nitrogens is 1. The number of ketones is 1. The third-order valence-corrected chi connectivity index (χ3v) is 22.8. The lowest BCUT2D eigenvalue weighted by Gasteiger charge is -2.34. The molecule has 8 aromatic rings. The molecular formula is C93H116N2O. The Labute approximate surface area is 581 Å². The van der Waals surface area contributed by atoms with Gasteiger partial charge >= 0.3 is 0 Å². The quantitative estimate of drug-likeness (QED) is 0.0309. The number of benzene rings is 7. The Morgan fingerprint density at radius 2 is 0.833 bits per heavy atom. The van der Waals surface area contributed by atoms with Crippen LogP contribution in [0.25, 0.3) is 55.6 Å². The summed E-state index contributed by atoms with van der Waals surface area (Å²) in [6, 6.07) is 59.3. The van der Waals surface area contributed by atoms with Gasteiger partial charge in [0.05, 0.1) is 11.7 Å². The van der Waals surface area contributed by atoms with E-state index in [2.05, 4.69) is 223 Å². The van der Waals surface area contributed by atoms with E-state index >= 15 is 0 Å². The highest BCUT2D eigenvalue weighted by Gasteiger charge is 2.44. The molecule has 3 aliphatic rings. The summed E-state index contributed by atoms with van der Waals surface area (Å²) in [7, 11) is 0. The number of anilines is 2. The summed E-state index contributed by atoms with van der Waals surface area (Å²) in [5.74, 6) is 0.596. The lowest BCUT2D eigenvalue weighted by Crippen LogP contribution is -2.30. The maximum Gasteiger partial charge on any atom is 0.209 e. The zero-order valence-electron chi connectivity index (χ0n) is 60.5. The summed E-state index contributed by atoms with van der Waals surface area (Å²) in [6.07, 6.45) is 46.7. The topological polar surface area (TPSA) is 36.1 Å². The summed E-state index contributed by atoms with van der Waals surface area (Å²) in [6.45, 7) is 18.4. The molecule has 0 saturated carbocycles. The first-order valence-corrected chi connectivity index (χ1v) is 38.8. The first-order chi connectivity index (χ1) is 47.0. The smallest absolute Gasteiger partial charge is 0.209 e. The molecule has 0 aliphatic heterocycles. The lowest BCUT2D eigenvalue weighted by atomic mass is 9.69. The van der Waals surface area contributed by atoms with Crippen molar-refractivity contribution in [2.45, 2.75) is 265 Å². The van der Waals surface area contributed by atoms with Crippen LogP contribution in [0.3, 0.4) is 0 Å². The maximum atomic E-state index is 15.0.